The van der Waals surface area contributed by atoms with E-state index in [1.807, 2.05) is 13.0 Å². The Morgan fingerprint density at radius 3 is 2.21 bits per heavy atom. The first-order valence-electron chi connectivity index (χ1n) is 10.8. The van der Waals surface area contributed by atoms with Crippen molar-refractivity contribution in [1.82, 2.24) is 0 Å². The number of rotatable bonds is 4. The third-order valence-electron chi connectivity index (χ3n) is 5.68. The quantitative estimate of drug-likeness (QED) is 0.462. The highest BCUT2D eigenvalue weighted by Gasteiger charge is 2.27. The smallest absolute Gasteiger partial charge is 0.282 e. The van der Waals surface area contributed by atoms with E-state index in [1.165, 1.54) is 6.08 Å². The highest BCUT2D eigenvalue weighted by molar-refractivity contribution is 7.90. The van der Waals surface area contributed by atoms with Crippen molar-refractivity contribution < 1.29 is 13.2 Å². The second-order valence-electron chi connectivity index (χ2n) is 9.24. The van der Waals surface area contributed by atoms with Crippen molar-refractivity contribution in [3.63, 3.8) is 0 Å². The van der Waals surface area contributed by atoms with Crippen molar-refractivity contribution in [3.8, 4) is 0 Å². The predicted octanol–water partition coefficient (Wildman–Crippen LogP) is 6.32. The lowest BCUT2D eigenvalue weighted by atomic mass is 9.87. The zero-order valence-electron chi connectivity index (χ0n) is 19.4. The maximum Gasteiger partial charge on any atom is 0.282 e. The highest BCUT2D eigenvalue weighted by Crippen LogP contribution is 2.28. The van der Waals surface area contributed by atoms with Crippen molar-refractivity contribution in [3.05, 3.63) is 106 Å². The predicted molar refractivity (Wildman–Crippen MR) is 138 cm³/mol. The molecule has 3 aromatic rings. The molecule has 174 valence electrons. The summed E-state index contributed by atoms with van der Waals surface area (Å²) < 4.78 is 30.5. The molecule has 4 rings (SSSR count). The summed E-state index contributed by atoms with van der Waals surface area (Å²) in [7, 11) is -4.01. The number of fused-ring (bicyclic) bond motifs is 1. The molecule has 0 saturated heterocycles. The van der Waals surface area contributed by atoms with Gasteiger partial charge in [0, 0.05) is 21.8 Å². The second kappa shape index (κ2) is 8.85. The highest BCUT2D eigenvalue weighted by atomic mass is 35.5. The van der Waals surface area contributed by atoms with Gasteiger partial charge in [-0.15, -0.1) is 0 Å². The lowest BCUT2D eigenvalue weighted by Crippen LogP contribution is -2.23. The molecule has 0 heterocycles. The molecule has 0 radical (unpaired) electrons. The summed E-state index contributed by atoms with van der Waals surface area (Å²) in [5.74, 6) is -0.249. The van der Waals surface area contributed by atoms with E-state index >= 15 is 0 Å². The number of nitrogens with one attached hydrogen (secondary N) is 1. The Labute approximate surface area is 205 Å². The third kappa shape index (κ3) is 4.83. The number of carbonyl (C=O) groups is 1. The SMILES string of the molecule is Cc1ccc(Cl)cc1NC1=CC(=NS(=O)(=O)c2ccc(C(C)(C)C)cc2)c2ccccc2C1=O. The summed E-state index contributed by atoms with van der Waals surface area (Å²) in [5, 5.41) is 3.63. The molecule has 0 saturated carbocycles. The van der Waals surface area contributed by atoms with Gasteiger partial charge in [0.05, 0.1) is 16.3 Å². The Bertz CT molecular complexity index is 1450. The summed E-state index contributed by atoms with van der Waals surface area (Å²) in [6, 6.07) is 18.9. The van der Waals surface area contributed by atoms with Crippen LogP contribution in [-0.2, 0) is 15.4 Å². The molecule has 0 amide bonds. The molecular weight excluding hydrogens is 468 g/mol. The molecule has 0 unspecified atom stereocenters. The van der Waals surface area contributed by atoms with Gasteiger partial charge >= 0.3 is 0 Å². The molecule has 0 spiro atoms. The number of aryl methyl sites for hydroxylation is 1. The van der Waals surface area contributed by atoms with Crippen molar-refractivity contribution in [2.24, 2.45) is 4.40 Å². The van der Waals surface area contributed by atoms with E-state index in [4.69, 9.17) is 11.6 Å². The number of allylic oxidation sites excluding steroid dienone is 2. The Hall–Kier alpha value is -3.22. The molecule has 0 bridgehead atoms. The first kappa shape index (κ1) is 23.9. The molecule has 0 aliphatic heterocycles. The van der Waals surface area contributed by atoms with Gasteiger partial charge in [-0.1, -0.05) is 74.8 Å². The number of benzene rings is 3. The number of halogens is 1. The average Bonchev–Trinajstić information content (AvgIpc) is 2.79. The monoisotopic (exact) mass is 492 g/mol. The fourth-order valence-corrected chi connectivity index (χ4v) is 4.85. The zero-order valence-corrected chi connectivity index (χ0v) is 21.0. The van der Waals surface area contributed by atoms with E-state index in [9.17, 15) is 13.2 Å². The summed E-state index contributed by atoms with van der Waals surface area (Å²) in [6.45, 7) is 8.08. The van der Waals surface area contributed by atoms with Gasteiger partial charge in [-0.2, -0.15) is 12.8 Å². The third-order valence-corrected chi connectivity index (χ3v) is 7.22. The molecule has 0 aromatic heterocycles. The number of sulfonamides is 1. The molecule has 0 atom stereocenters. The lowest BCUT2D eigenvalue weighted by Gasteiger charge is -2.20. The number of hydrogen-bond acceptors (Lipinski definition) is 4. The van der Waals surface area contributed by atoms with E-state index in [1.54, 1.807) is 60.7 Å². The van der Waals surface area contributed by atoms with Gasteiger partial charge in [0.25, 0.3) is 10.0 Å². The van der Waals surface area contributed by atoms with Crippen LogP contribution in [0.25, 0.3) is 0 Å². The molecule has 1 aliphatic rings. The largest absolute Gasteiger partial charge is 0.352 e. The topological polar surface area (TPSA) is 75.6 Å². The maximum atomic E-state index is 13.2. The van der Waals surface area contributed by atoms with Crippen LogP contribution in [0, 0.1) is 6.92 Å². The molecule has 1 N–H and O–H groups in total. The number of ketones is 1. The fourth-order valence-electron chi connectivity index (χ4n) is 3.68. The zero-order chi connectivity index (χ0) is 24.7. The van der Waals surface area contributed by atoms with Crippen LogP contribution in [0.15, 0.2) is 87.8 Å². The first-order valence-corrected chi connectivity index (χ1v) is 12.6. The van der Waals surface area contributed by atoms with Crippen LogP contribution >= 0.6 is 11.6 Å². The average molecular weight is 493 g/mol. The van der Waals surface area contributed by atoms with Crippen LogP contribution in [-0.4, -0.2) is 19.9 Å². The summed E-state index contributed by atoms with van der Waals surface area (Å²) in [5.41, 5.74) is 3.74. The Morgan fingerprint density at radius 1 is 0.912 bits per heavy atom. The number of hydrogen-bond donors (Lipinski definition) is 1. The van der Waals surface area contributed by atoms with Gasteiger partial charge in [-0.05, 0) is 53.8 Å². The van der Waals surface area contributed by atoms with Crippen molar-refractivity contribution in [1.29, 1.82) is 0 Å². The Kier molecular flexibility index (Phi) is 6.23. The van der Waals surface area contributed by atoms with Gasteiger partial charge in [0.1, 0.15) is 0 Å². The molecule has 3 aromatic carbocycles. The number of anilines is 1. The van der Waals surface area contributed by atoms with Gasteiger partial charge in [-0.25, -0.2) is 0 Å². The molecular formula is C27H25ClN2O3S. The van der Waals surface area contributed by atoms with Crippen LogP contribution in [0.3, 0.4) is 0 Å². The minimum Gasteiger partial charge on any atom is -0.352 e. The molecule has 1 aliphatic carbocycles. The normalized spacial score (nSPS) is 15.1. The molecule has 7 heteroatoms. The van der Waals surface area contributed by atoms with Crippen molar-refractivity contribution in [2.75, 3.05) is 5.32 Å². The van der Waals surface area contributed by atoms with E-state index in [0.29, 0.717) is 21.8 Å². The van der Waals surface area contributed by atoms with Gasteiger partial charge in [-0.3, -0.25) is 4.79 Å². The Morgan fingerprint density at radius 2 is 1.56 bits per heavy atom. The van der Waals surface area contributed by atoms with Crippen LogP contribution in [0.1, 0.15) is 47.8 Å². The Balaban J connectivity index is 1.79. The van der Waals surface area contributed by atoms with Crippen molar-refractivity contribution >= 4 is 38.8 Å². The van der Waals surface area contributed by atoms with Gasteiger partial charge < -0.3 is 5.32 Å². The number of nitrogens with zero attached hydrogens (tertiary/aromatic N) is 1. The molecule has 0 fully saturated rings. The summed E-state index contributed by atoms with van der Waals surface area (Å²) >= 11 is 6.13. The maximum absolute atomic E-state index is 13.2. The standard InChI is InChI=1S/C27H25ClN2O3S/c1-17-9-12-19(28)15-23(17)29-25-16-24(21-7-5-6-8-22(21)26(25)31)30-34(32,33)20-13-10-18(11-14-20)27(2,3)4/h5-16,29H,1-4H3. The molecule has 5 nitrogen and oxygen atoms in total. The summed E-state index contributed by atoms with van der Waals surface area (Å²) in [6.07, 6.45) is 1.48. The van der Waals surface area contributed by atoms with Crippen molar-refractivity contribution in [2.45, 2.75) is 38.0 Å². The van der Waals surface area contributed by atoms with Crippen LogP contribution in [0.4, 0.5) is 5.69 Å². The van der Waals surface area contributed by atoms with Crippen LogP contribution < -0.4 is 5.32 Å². The first-order chi connectivity index (χ1) is 16.0. The van der Waals surface area contributed by atoms with E-state index in [0.717, 1.165) is 11.1 Å². The second-order valence-corrected chi connectivity index (χ2v) is 11.3. The fraction of sp³-hybridized carbons (Fsp3) is 0.185. The van der Waals surface area contributed by atoms with Crippen LogP contribution in [0.2, 0.25) is 5.02 Å². The van der Waals surface area contributed by atoms with Gasteiger partial charge in [0.2, 0.25) is 5.78 Å². The van der Waals surface area contributed by atoms with E-state index in [-0.39, 0.29) is 27.5 Å². The number of Topliss-reactive ketones (excluding diaryl/α,β-unsaturated/α-hetero) is 1. The number of carbonyl (C=O) groups excluding carboxylic acids is 1. The summed E-state index contributed by atoms with van der Waals surface area (Å²) in [4.78, 5) is 13.3. The van der Waals surface area contributed by atoms with Crippen LogP contribution in [0.5, 0.6) is 0 Å². The molecule has 34 heavy (non-hydrogen) atoms. The lowest BCUT2D eigenvalue weighted by molar-refractivity contribution is 0.103. The minimum absolute atomic E-state index is 0.0935. The van der Waals surface area contributed by atoms with Gasteiger partial charge in [0.15, 0.2) is 0 Å². The van der Waals surface area contributed by atoms with E-state index in [2.05, 4.69) is 30.5 Å². The minimum atomic E-state index is -4.01. The van der Waals surface area contributed by atoms with E-state index < -0.39 is 10.0 Å².